The quantitative estimate of drug-likeness (QED) is 0.515. The Kier molecular flexibility index (Phi) is 7.95. The first kappa shape index (κ1) is 18.2. The largest absolute Gasteiger partial charge is 0.483 e. The number of hydrogen-bond acceptors (Lipinski definition) is 3. The molecule has 0 saturated carbocycles. The first-order valence-corrected chi connectivity index (χ1v) is 8.22. The molecule has 1 aromatic rings. The monoisotopic (exact) mass is 322 g/mol. The summed E-state index contributed by atoms with van der Waals surface area (Å²) < 4.78 is 53.1. The lowest BCUT2D eigenvalue weighted by atomic mass is 10.0. The van der Waals surface area contributed by atoms with Gasteiger partial charge in [0, 0.05) is 20.8 Å². The SMILES string of the molecule is CO[SiH](OC)OCCCCCc1cccc(C(F)(F)F)c1. The van der Waals surface area contributed by atoms with Crippen LogP contribution in [-0.2, 0) is 25.9 Å². The lowest BCUT2D eigenvalue weighted by Crippen LogP contribution is -2.24. The maximum absolute atomic E-state index is 12.6. The van der Waals surface area contributed by atoms with E-state index in [0.717, 1.165) is 25.3 Å². The molecule has 0 N–H and O–H groups in total. The molecule has 0 radical (unpaired) electrons. The minimum Gasteiger partial charge on any atom is -0.379 e. The van der Waals surface area contributed by atoms with E-state index in [1.54, 1.807) is 20.3 Å². The van der Waals surface area contributed by atoms with Gasteiger partial charge in [0.15, 0.2) is 0 Å². The van der Waals surface area contributed by atoms with Crippen LogP contribution in [0, 0.1) is 0 Å². The van der Waals surface area contributed by atoms with Crippen LogP contribution < -0.4 is 0 Å². The van der Waals surface area contributed by atoms with E-state index in [0.29, 0.717) is 18.6 Å². The average Bonchev–Trinajstić information content (AvgIpc) is 2.46. The summed E-state index contributed by atoms with van der Waals surface area (Å²) in [6.07, 6.45) is -1.07. The zero-order valence-electron chi connectivity index (χ0n) is 12.3. The van der Waals surface area contributed by atoms with Crippen LogP contribution in [0.3, 0.4) is 0 Å². The van der Waals surface area contributed by atoms with E-state index in [1.165, 1.54) is 12.1 Å². The Morgan fingerprint density at radius 1 is 1.05 bits per heavy atom. The average molecular weight is 322 g/mol. The van der Waals surface area contributed by atoms with E-state index in [9.17, 15) is 13.2 Å². The third kappa shape index (κ3) is 7.08. The van der Waals surface area contributed by atoms with Crippen LogP contribution in [0.25, 0.3) is 0 Å². The highest BCUT2D eigenvalue weighted by Crippen LogP contribution is 2.29. The summed E-state index contributed by atoms with van der Waals surface area (Å²) in [5, 5.41) is 0. The van der Waals surface area contributed by atoms with Gasteiger partial charge in [0.2, 0.25) is 0 Å². The second-order valence-corrected chi connectivity index (χ2v) is 6.49. The molecule has 21 heavy (non-hydrogen) atoms. The Balaban J connectivity index is 2.24. The molecule has 0 saturated heterocycles. The third-order valence-electron chi connectivity index (χ3n) is 3.00. The Morgan fingerprint density at radius 3 is 2.38 bits per heavy atom. The molecular formula is C14H21F3O3Si. The van der Waals surface area contributed by atoms with Crippen molar-refractivity contribution in [2.45, 2.75) is 31.9 Å². The number of unbranched alkanes of at least 4 members (excludes halogenated alkanes) is 2. The number of benzene rings is 1. The van der Waals surface area contributed by atoms with Crippen molar-refractivity contribution in [2.75, 3.05) is 20.8 Å². The number of aryl methyl sites for hydroxylation is 1. The molecule has 0 atom stereocenters. The van der Waals surface area contributed by atoms with Crippen LogP contribution in [0.4, 0.5) is 13.2 Å². The van der Waals surface area contributed by atoms with Gasteiger partial charge in [-0.15, -0.1) is 0 Å². The molecule has 1 rings (SSSR count). The van der Waals surface area contributed by atoms with Crippen molar-refractivity contribution in [3.8, 4) is 0 Å². The fourth-order valence-corrected chi connectivity index (χ4v) is 2.75. The Morgan fingerprint density at radius 2 is 1.76 bits per heavy atom. The maximum Gasteiger partial charge on any atom is 0.483 e. The number of rotatable bonds is 9. The van der Waals surface area contributed by atoms with Gasteiger partial charge >= 0.3 is 15.7 Å². The first-order chi connectivity index (χ1) is 9.97. The molecular weight excluding hydrogens is 301 g/mol. The van der Waals surface area contributed by atoms with Crippen LogP contribution in [-0.4, -0.2) is 30.4 Å². The number of alkyl halides is 3. The molecule has 3 nitrogen and oxygen atoms in total. The molecule has 0 aromatic heterocycles. The summed E-state index contributed by atoms with van der Waals surface area (Å²) in [6, 6.07) is 5.49. The van der Waals surface area contributed by atoms with Crippen LogP contribution in [0.2, 0.25) is 0 Å². The molecule has 0 amide bonds. The molecule has 0 aliphatic carbocycles. The standard InChI is InChI=1S/C14H21F3O3Si/c1-18-21(19-2)20-10-5-3-4-7-12-8-6-9-13(11-12)14(15,16)17/h6,8-9,11,21H,3-5,7,10H2,1-2H3. The van der Waals surface area contributed by atoms with Crippen molar-refractivity contribution in [1.29, 1.82) is 0 Å². The van der Waals surface area contributed by atoms with Gasteiger partial charge in [-0.25, -0.2) is 0 Å². The first-order valence-electron chi connectivity index (χ1n) is 6.80. The van der Waals surface area contributed by atoms with E-state index in [4.69, 9.17) is 13.3 Å². The third-order valence-corrected chi connectivity index (χ3v) is 4.28. The van der Waals surface area contributed by atoms with Gasteiger partial charge in [-0.3, -0.25) is 0 Å². The van der Waals surface area contributed by atoms with E-state index < -0.39 is 21.3 Å². The van der Waals surface area contributed by atoms with Crippen molar-refractivity contribution in [3.05, 3.63) is 35.4 Å². The van der Waals surface area contributed by atoms with Gasteiger partial charge in [0.1, 0.15) is 0 Å². The van der Waals surface area contributed by atoms with Gasteiger partial charge in [0.25, 0.3) is 0 Å². The minimum atomic E-state index is -4.27. The van der Waals surface area contributed by atoms with Crippen molar-refractivity contribution in [3.63, 3.8) is 0 Å². The normalized spacial score (nSPS) is 12.1. The fourth-order valence-electron chi connectivity index (χ4n) is 1.92. The zero-order chi connectivity index (χ0) is 15.7. The highest BCUT2D eigenvalue weighted by atomic mass is 28.3. The number of halogens is 3. The van der Waals surface area contributed by atoms with Crippen LogP contribution in [0.1, 0.15) is 30.4 Å². The zero-order valence-corrected chi connectivity index (χ0v) is 13.4. The molecule has 0 spiro atoms. The molecule has 0 heterocycles. The van der Waals surface area contributed by atoms with E-state index in [1.807, 2.05) is 0 Å². The molecule has 0 fully saturated rings. The topological polar surface area (TPSA) is 27.7 Å². The van der Waals surface area contributed by atoms with Crippen molar-refractivity contribution >= 4 is 9.53 Å². The number of hydrogen-bond donors (Lipinski definition) is 0. The van der Waals surface area contributed by atoms with Gasteiger partial charge in [-0.2, -0.15) is 13.2 Å². The highest BCUT2D eigenvalue weighted by molar-refractivity contribution is 6.36. The van der Waals surface area contributed by atoms with Crippen molar-refractivity contribution < 1.29 is 26.4 Å². The molecule has 0 aliphatic rings. The van der Waals surface area contributed by atoms with Gasteiger partial charge in [-0.1, -0.05) is 24.6 Å². The fraction of sp³-hybridized carbons (Fsp3) is 0.571. The van der Waals surface area contributed by atoms with Gasteiger partial charge in [0.05, 0.1) is 5.56 Å². The van der Waals surface area contributed by atoms with Crippen molar-refractivity contribution in [1.82, 2.24) is 0 Å². The smallest absolute Gasteiger partial charge is 0.379 e. The predicted octanol–water partition coefficient (Wildman–Crippen LogP) is 3.44. The molecule has 120 valence electrons. The second kappa shape index (κ2) is 9.19. The lowest BCUT2D eigenvalue weighted by molar-refractivity contribution is -0.137. The predicted molar refractivity (Wildman–Crippen MR) is 76.1 cm³/mol. The summed E-state index contributed by atoms with van der Waals surface area (Å²) in [7, 11) is 1.15. The second-order valence-electron chi connectivity index (χ2n) is 4.64. The molecule has 0 bridgehead atoms. The lowest BCUT2D eigenvalue weighted by Gasteiger charge is -2.11. The summed E-state index contributed by atoms with van der Waals surface area (Å²) in [5.41, 5.74) is 0.129. The van der Waals surface area contributed by atoms with Gasteiger partial charge in [-0.05, 0) is 30.9 Å². The van der Waals surface area contributed by atoms with Gasteiger partial charge < -0.3 is 13.3 Å². The van der Waals surface area contributed by atoms with Crippen LogP contribution >= 0.6 is 0 Å². The summed E-state index contributed by atoms with van der Waals surface area (Å²) in [6.45, 7) is 0.557. The van der Waals surface area contributed by atoms with E-state index >= 15 is 0 Å². The van der Waals surface area contributed by atoms with Crippen LogP contribution in [0.5, 0.6) is 0 Å². The molecule has 0 aliphatic heterocycles. The van der Waals surface area contributed by atoms with Crippen LogP contribution in [0.15, 0.2) is 24.3 Å². The molecule has 1 aromatic carbocycles. The molecule has 0 unspecified atom stereocenters. The highest BCUT2D eigenvalue weighted by Gasteiger charge is 2.30. The summed E-state index contributed by atoms with van der Waals surface area (Å²) >= 11 is 0. The van der Waals surface area contributed by atoms with E-state index in [2.05, 4.69) is 0 Å². The van der Waals surface area contributed by atoms with E-state index in [-0.39, 0.29) is 0 Å². The minimum absolute atomic E-state index is 0.557. The summed E-state index contributed by atoms with van der Waals surface area (Å²) in [4.78, 5) is 0. The van der Waals surface area contributed by atoms with Crippen molar-refractivity contribution in [2.24, 2.45) is 0 Å². The molecule has 7 heteroatoms. The Hall–Kier alpha value is -0.893. The summed E-state index contributed by atoms with van der Waals surface area (Å²) in [5.74, 6) is 0. The Bertz CT molecular complexity index is 409. The maximum atomic E-state index is 12.6. The Labute approximate surface area is 125 Å².